The van der Waals surface area contributed by atoms with Crippen molar-refractivity contribution in [3.8, 4) is 0 Å². The molecule has 0 radical (unpaired) electrons. The Bertz CT molecular complexity index is 417. The molecule has 21 heavy (non-hydrogen) atoms. The maximum absolute atomic E-state index is 12.4. The molecule has 5 atom stereocenters. The predicted octanol–water partition coefficient (Wildman–Crippen LogP) is 3.28. The molecule has 4 saturated carbocycles. The summed E-state index contributed by atoms with van der Waals surface area (Å²) in [6, 6.07) is 0.397. The third-order valence-corrected chi connectivity index (χ3v) is 7.10. The zero-order valence-electron chi connectivity index (χ0n) is 13.3. The number of carbonyl (C=O) groups is 1. The van der Waals surface area contributed by atoms with Gasteiger partial charge in [0.2, 0.25) is 5.91 Å². The first-order valence-corrected chi connectivity index (χ1v) is 9.12. The van der Waals surface area contributed by atoms with Gasteiger partial charge in [-0.25, -0.2) is 0 Å². The van der Waals surface area contributed by atoms with Crippen LogP contribution < -0.4 is 5.32 Å². The first-order chi connectivity index (χ1) is 10.2. The van der Waals surface area contributed by atoms with Crippen LogP contribution in [0.5, 0.6) is 0 Å². The van der Waals surface area contributed by atoms with Crippen LogP contribution in [-0.4, -0.2) is 24.7 Å². The summed E-state index contributed by atoms with van der Waals surface area (Å²) in [7, 11) is 0. The maximum atomic E-state index is 12.4. The van der Waals surface area contributed by atoms with E-state index in [0.29, 0.717) is 29.4 Å². The Balaban J connectivity index is 1.29. The van der Waals surface area contributed by atoms with E-state index in [9.17, 15) is 4.79 Å². The summed E-state index contributed by atoms with van der Waals surface area (Å²) in [6.45, 7) is 2.88. The number of fused-ring (bicyclic) bond motifs is 2. The van der Waals surface area contributed by atoms with Gasteiger partial charge in [0, 0.05) is 24.5 Å². The lowest BCUT2D eigenvalue weighted by Gasteiger charge is -2.61. The van der Waals surface area contributed by atoms with Crippen molar-refractivity contribution in [1.82, 2.24) is 5.32 Å². The Kier molecular flexibility index (Phi) is 3.52. The topological polar surface area (TPSA) is 38.3 Å². The molecule has 0 aliphatic heterocycles. The quantitative estimate of drug-likeness (QED) is 0.844. The lowest BCUT2D eigenvalue weighted by Crippen LogP contribution is -2.67. The summed E-state index contributed by atoms with van der Waals surface area (Å²) >= 11 is 0. The second-order valence-corrected chi connectivity index (χ2v) is 8.03. The Morgan fingerprint density at radius 1 is 1.24 bits per heavy atom. The smallest absolute Gasteiger partial charge is 0.220 e. The van der Waals surface area contributed by atoms with E-state index < -0.39 is 0 Å². The molecule has 4 rings (SSSR count). The van der Waals surface area contributed by atoms with Crippen molar-refractivity contribution in [2.24, 2.45) is 23.2 Å². The van der Waals surface area contributed by atoms with Gasteiger partial charge < -0.3 is 10.1 Å². The van der Waals surface area contributed by atoms with Gasteiger partial charge in [-0.2, -0.15) is 0 Å². The van der Waals surface area contributed by atoms with Crippen LogP contribution in [0, 0.1) is 23.2 Å². The second-order valence-electron chi connectivity index (χ2n) is 8.03. The molecular weight excluding hydrogens is 262 g/mol. The van der Waals surface area contributed by atoms with E-state index in [1.54, 1.807) is 0 Å². The molecule has 0 aromatic rings. The van der Waals surface area contributed by atoms with Crippen molar-refractivity contribution in [1.29, 1.82) is 0 Å². The zero-order valence-corrected chi connectivity index (χ0v) is 13.3. The summed E-state index contributed by atoms with van der Waals surface area (Å²) in [5.74, 6) is 2.80. The number of hydrogen-bond acceptors (Lipinski definition) is 2. The van der Waals surface area contributed by atoms with E-state index in [-0.39, 0.29) is 0 Å². The predicted molar refractivity (Wildman–Crippen MR) is 81.8 cm³/mol. The molecule has 4 fully saturated rings. The molecule has 3 nitrogen and oxygen atoms in total. The number of ether oxygens (including phenoxy) is 1. The van der Waals surface area contributed by atoms with E-state index in [1.807, 2.05) is 0 Å². The largest absolute Gasteiger partial charge is 0.378 e. The Labute approximate surface area is 128 Å². The van der Waals surface area contributed by atoms with Gasteiger partial charge in [-0.15, -0.1) is 0 Å². The van der Waals surface area contributed by atoms with Gasteiger partial charge in [0.1, 0.15) is 0 Å². The van der Waals surface area contributed by atoms with Crippen LogP contribution >= 0.6 is 0 Å². The van der Waals surface area contributed by atoms with E-state index >= 15 is 0 Å². The molecule has 118 valence electrons. The fourth-order valence-corrected chi connectivity index (χ4v) is 5.76. The fraction of sp³-hybridized carbons (Fsp3) is 0.944. The van der Waals surface area contributed by atoms with Gasteiger partial charge in [-0.1, -0.05) is 12.8 Å². The minimum absolute atomic E-state index is 0.306. The van der Waals surface area contributed by atoms with Crippen molar-refractivity contribution in [3.05, 3.63) is 0 Å². The monoisotopic (exact) mass is 291 g/mol. The van der Waals surface area contributed by atoms with Crippen LogP contribution in [0.15, 0.2) is 0 Å². The lowest BCUT2D eigenvalue weighted by atomic mass is 9.51. The molecule has 1 N–H and O–H groups in total. The number of rotatable bonds is 5. The molecule has 0 unspecified atom stereocenters. The van der Waals surface area contributed by atoms with Gasteiger partial charge in [-0.05, 0) is 63.2 Å². The normalized spacial score (nSPS) is 42.6. The molecule has 2 bridgehead atoms. The molecule has 3 heteroatoms. The van der Waals surface area contributed by atoms with Crippen molar-refractivity contribution < 1.29 is 9.53 Å². The van der Waals surface area contributed by atoms with Crippen LogP contribution in [0.3, 0.4) is 0 Å². The summed E-state index contributed by atoms with van der Waals surface area (Å²) in [4.78, 5) is 12.4. The molecule has 4 aliphatic rings. The van der Waals surface area contributed by atoms with Crippen molar-refractivity contribution >= 4 is 5.91 Å². The molecule has 0 aromatic heterocycles. The summed E-state index contributed by atoms with van der Waals surface area (Å²) in [6.07, 6.45) is 11.5. The molecule has 0 aromatic carbocycles. The highest BCUT2D eigenvalue weighted by Crippen LogP contribution is 2.57. The Morgan fingerprint density at radius 3 is 2.67 bits per heavy atom. The third kappa shape index (κ3) is 2.23. The van der Waals surface area contributed by atoms with Gasteiger partial charge in [-0.3, -0.25) is 4.79 Å². The number of hydrogen-bond donors (Lipinski definition) is 1. The second kappa shape index (κ2) is 5.26. The van der Waals surface area contributed by atoms with Crippen molar-refractivity contribution in [2.75, 3.05) is 6.61 Å². The molecule has 0 heterocycles. The summed E-state index contributed by atoms with van der Waals surface area (Å²) < 4.78 is 5.87. The molecule has 1 amide bonds. The van der Waals surface area contributed by atoms with Crippen LogP contribution in [0.2, 0.25) is 0 Å². The highest BCUT2D eigenvalue weighted by molar-refractivity contribution is 5.77. The van der Waals surface area contributed by atoms with Crippen LogP contribution in [0.25, 0.3) is 0 Å². The first kappa shape index (κ1) is 14.0. The molecular formula is C18H29NO2. The van der Waals surface area contributed by atoms with Crippen LogP contribution in [0.4, 0.5) is 0 Å². The Hall–Kier alpha value is -0.570. The van der Waals surface area contributed by atoms with Crippen LogP contribution in [-0.2, 0) is 9.53 Å². The highest BCUT2D eigenvalue weighted by atomic mass is 16.5. The lowest BCUT2D eigenvalue weighted by molar-refractivity contribution is -0.176. The number of carbonyl (C=O) groups excluding carboxylic acids is 1. The van der Waals surface area contributed by atoms with E-state index in [0.717, 1.165) is 31.3 Å². The fourth-order valence-electron chi connectivity index (χ4n) is 5.76. The van der Waals surface area contributed by atoms with Gasteiger partial charge in [0.05, 0.1) is 6.10 Å². The number of amides is 1. The van der Waals surface area contributed by atoms with Gasteiger partial charge in [0.15, 0.2) is 0 Å². The SMILES string of the molecule is CCO[C@@H]1C[C@@H](NC(=O)C[C@@H]2C[C@H]3CC[C@H]2C3)C12CCC2. The molecule has 1 spiro atoms. The van der Waals surface area contributed by atoms with Gasteiger partial charge in [0.25, 0.3) is 0 Å². The average Bonchev–Trinajstić information content (AvgIpc) is 2.97. The van der Waals surface area contributed by atoms with E-state index in [4.69, 9.17) is 4.74 Å². The average molecular weight is 291 g/mol. The minimum Gasteiger partial charge on any atom is -0.378 e. The van der Waals surface area contributed by atoms with Crippen molar-refractivity contribution in [2.45, 2.75) is 76.9 Å². The minimum atomic E-state index is 0.306. The third-order valence-electron chi connectivity index (χ3n) is 7.10. The van der Waals surface area contributed by atoms with Crippen molar-refractivity contribution in [3.63, 3.8) is 0 Å². The first-order valence-electron chi connectivity index (χ1n) is 9.12. The molecule has 4 aliphatic carbocycles. The zero-order chi connectivity index (χ0) is 14.4. The van der Waals surface area contributed by atoms with Gasteiger partial charge >= 0.3 is 0 Å². The van der Waals surface area contributed by atoms with E-state index in [2.05, 4.69) is 12.2 Å². The number of nitrogens with one attached hydrogen (secondary N) is 1. The maximum Gasteiger partial charge on any atom is 0.220 e. The van der Waals surface area contributed by atoms with E-state index in [1.165, 1.54) is 44.9 Å². The summed E-state index contributed by atoms with van der Waals surface area (Å²) in [5.41, 5.74) is 0.306. The summed E-state index contributed by atoms with van der Waals surface area (Å²) in [5, 5.41) is 3.36. The highest BCUT2D eigenvalue weighted by Gasteiger charge is 2.59. The molecule has 0 saturated heterocycles. The Morgan fingerprint density at radius 2 is 2.10 bits per heavy atom. The standard InChI is InChI=1S/C18H29NO2/c1-2-21-16-11-15(18(16)6-3-7-18)19-17(20)10-14-9-12-4-5-13(14)8-12/h12-16H,2-11H2,1H3,(H,19,20)/t12-,13-,14-,15+,16+/m0/s1. The van der Waals surface area contributed by atoms with Crippen LogP contribution in [0.1, 0.15) is 64.7 Å².